The van der Waals surface area contributed by atoms with Crippen molar-refractivity contribution in [1.82, 2.24) is 20.4 Å². The monoisotopic (exact) mass is 568 g/mol. The first-order valence-corrected chi connectivity index (χ1v) is 11.5. The predicted molar refractivity (Wildman–Crippen MR) is 143 cm³/mol. The molecule has 0 saturated heterocycles. The Morgan fingerprint density at radius 1 is 1.27 bits per heavy atom. The molecular formula is C24H37IN6O2. The van der Waals surface area contributed by atoms with E-state index in [2.05, 4.69) is 26.0 Å². The molecule has 182 valence electrons. The van der Waals surface area contributed by atoms with E-state index in [1.165, 1.54) is 6.42 Å². The summed E-state index contributed by atoms with van der Waals surface area (Å²) in [4.78, 5) is 17.2. The smallest absolute Gasteiger partial charge is 0.227 e. The number of amides is 1. The zero-order chi connectivity index (χ0) is 23.0. The molecule has 4 N–H and O–H groups in total. The van der Waals surface area contributed by atoms with Gasteiger partial charge in [0.2, 0.25) is 5.91 Å². The Kier molecular flexibility index (Phi) is 10.6. The molecule has 0 aliphatic heterocycles. The summed E-state index contributed by atoms with van der Waals surface area (Å²) in [7, 11) is 1.82. The second-order valence-corrected chi connectivity index (χ2v) is 8.75. The van der Waals surface area contributed by atoms with Crippen LogP contribution >= 0.6 is 24.0 Å². The highest BCUT2D eigenvalue weighted by atomic mass is 127. The van der Waals surface area contributed by atoms with Gasteiger partial charge in [-0.25, -0.2) is 4.99 Å². The number of rotatable bonds is 8. The Balaban J connectivity index is 0.00000385. The summed E-state index contributed by atoms with van der Waals surface area (Å²) in [5.74, 6) is 0.869. The summed E-state index contributed by atoms with van der Waals surface area (Å²) in [5, 5.41) is 24.4. The topological polar surface area (TPSA) is 104 Å². The van der Waals surface area contributed by atoms with E-state index in [4.69, 9.17) is 0 Å². The van der Waals surface area contributed by atoms with E-state index in [9.17, 15) is 9.90 Å². The molecule has 3 rings (SSSR count). The highest BCUT2D eigenvalue weighted by Crippen LogP contribution is 2.25. The third kappa shape index (κ3) is 8.29. The van der Waals surface area contributed by atoms with Gasteiger partial charge in [0.15, 0.2) is 5.96 Å². The van der Waals surface area contributed by atoms with Gasteiger partial charge in [0.05, 0.1) is 19.3 Å². The Morgan fingerprint density at radius 2 is 2.03 bits per heavy atom. The van der Waals surface area contributed by atoms with Gasteiger partial charge < -0.3 is 21.1 Å². The molecule has 2 aromatic rings. The molecule has 1 saturated carbocycles. The van der Waals surface area contributed by atoms with Crippen LogP contribution in [0.15, 0.2) is 41.7 Å². The van der Waals surface area contributed by atoms with Crippen LogP contribution in [0.3, 0.4) is 0 Å². The van der Waals surface area contributed by atoms with E-state index in [-0.39, 0.29) is 35.8 Å². The minimum atomic E-state index is -1.08. The van der Waals surface area contributed by atoms with Gasteiger partial charge in [-0.15, -0.1) is 24.0 Å². The van der Waals surface area contributed by atoms with Gasteiger partial charge in [0, 0.05) is 37.0 Å². The number of nitrogens with zero attached hydrogens (tertiary/aromatic N) is 3. The summed E-state index contributed by atoms with van der Waals surface area (Å²) in [6.45, 7) is 5.20. The average molecular weight is 569 g/mol. The summed E-state index contributed by atoms with van der Waals surface area (Å²) < 4.78 is 1.67. The molecule has 1 atom stereocenters. The number of guanidine groups is 1. The Bertz CT molecular complexity index is 921. The number of nitrogens with one attached hydrogen (secondary N) is 3. The van der Waals surface area contributed by atoms with Crippen LogP contribution < -0.4 is 16.0 Å². The average Bonchev–Trinajstić information content (AvgIpc) is 3.24. The van der Waals surface area contributed by atoms with Gasteiger partial charge in [0.25, 0.3) is 0 Å². The molecule has 1 heterocycles. The maximum absolute atomic E-state index is 12.5. The SMILES string of the molecule is CCNC(=NCc1cccc(NC(=O)C2CCCCC2)c1)NCC(C)(O)c1cnn(C)c1.I. The molecule has 0 bridgehead atoms. The standard InChI is InChI=1S/C24H36N6O2.HI/c1-4-25-23(27-17-24(2,32)20-15-28-30(3)16-20)26-14-18-9-8-12-21(13-18)29-22(31)19-10-6-5-7-11-19;/h8-9,12-13,15-16,19,32H,4-7,10-11,14,17H2,1-3H3,(H,29,31)(H2,25,26,27);1H. The van der Waals surface area contributed by atoms with Gasteiger partial charge in [0.1, 0.15) is 5.60 Å². The molecule has 8 nitrogen and oxygen atoms in total. The first-order valence-electron chi connectivity index (χ1n) is 11.5. The minimum Gasteiger partial charge on any atom is -0.383 e. The molecule has 0 radical (unpaired) electrons. The van der Waals surface area contributed by atoms with E-state index >= 15 is 0 Å². The summed E-state index contributed by atoms with van der Waals surface area (Å²) in [6, 6.07) is 7.83. The van der Waals surface area contributed by atoms with E-state index in [0.29, 0.717) is 25.6 Å². The Morgan fingerprint density at radius 3 is 2.70 bits per heavy atom. The van der Waals surface area contributed by atoms with E-state index in [1.807, 2.05) is 38.2 Å². The molecule has 1 amide bonds. The number of carbonyl (C=O) groups is 1. The molecule has 1 aliphatic carbocycles. The van der Waals surface area contributed by atoms with Crippen molar-refractivity contribution in [3.05, 3.63) is 47.8 Å². The quantitative estimate of drug-likeness (QED) is 0.222. The van der Waals surface area contributed by atoms with Crippen molar-refractivity contribution in [2.45, 2.75) is 58.1 Å². The lowest BCUT2D eigenvalue weighted by Crippen LogP contribution is -2.44. The van der Waals surface area contributed by atoms with Crippen molar-refractivity contribution < 1.29 is 9.90 Å². The van der Waals surface area contributed by atoms with E-state index in [1.54, 1.807) is 24.0 Å². The molecule has 9 heteroatoms. The number of anilines is 1. The number of aliphatic hydroxyl groups is 1. The largest absolute Gasteiger partial charge is 0.383 e. The molecule has 1 aliphatic rings. The van der Waals surface area contributed by atoms with Gasteiger partial charge in [-0.05, 0) is 44.4 Å². The van der Waals surface area contributed by atoms with Crippen LogP contribution in [0, 0.1) is 5.92 Å². The number of hydrogen-bond acceptors (Lipinski definition) is 4. The third-order valence-corrected chi connectivity index (χ3v) is 5.86. The van der Waals surface area contributed by atoms with Gasteiger partial charge in [-0.2, -0.15) is 5.10 Å². The highest BCUT2D eigenvalue weighted by molar-refractivity contribution is 14.0. The van der Waals surface area contributed by atoms with Gasteiger partial charge in [-0.1, -0.05) is 31.4 Å². The zero-order valence-corrected chi connectivity index (χ0v) is 22.1. The van der Waals surface area contributed by atoms with Crippen LogP contribution in [-0.2, 0) is 24.0 Å². The van der Waals surface area contributed by atoms with Crippen LogP contribution in [0.5, 0.6) is 0 Å². The van der Waals surface area contributed by atoms with Gasteiger partial charge >= 0.3 is 0 Å². The number of hydrogen-bond donors (Lipinski definition) is 4. The highest BCUT2D eigenvalue weighted by Gasteiger charge is 2.25. The van der Waals surface area contributed by atoms with Crippen LogP contribution in [-0.4, -0.2) is 39.8 Å². The van der Waals surface area contributed by atoms with E-state index < -0.39 is 5.60 Å². The Labute approximate surface area is 213 Å². The number of aromatic nitrogens is 2. The molecule has 1 fully saturated rings. The van der Waals surface area contributed by atoms with Crippen LogP contribution in [0.25, 0.3) is 0 Å². The van der Waals surface area contributed by atoms with E-state index in [0.717, 1.165) is 42.5 Å². The maximum Gasteiger partial charge on any atom is 0.227 e. The Hall–Kier alpha value is -2.14. The van der Waals surface area contributed by atoms with Crippen LogP contribution in [0.1, 0.15) is 57.1 Å². The van der Waals surface area contributed by atoms with Crippen molar-refractivity contribution in [2.24, 2.45) is 18.0 Å². The lowest BCUT2D eigenvalue weighted by molar-refractivity contribution is -0.120. The zero-order valence-electron chi connectivity index (χ0n) is 19.8. The summed E-state index contributed by atoms with van der Waals surface area (Å²) in [6.07, 6.45) is 8.95. The van der Waals surface area contributed by atoms with Crippen LogP contribution in [0.4, 0.5) is 5.69 Å². The number of halogens is 1. The van der Waals surface area contributed by atoms with Crippen molar-refractivity contribution in [3.8, 4) is 0 Å². The minimum absolute atomic E-state index is 0. The molecule has 1 aromatic heterocycles. The lowest BCUT2D eigenvalue weighted by Gasteiger charge is -2.23. The van der Waals surface area contributed by atoms with Gasteiger partial charge in [-0.3, -0.25) is 9.48 Å². The summed E-state index contributed by atoms with van der Waals surface area (Å²) in [5.41, 5.74) is 1.48. The van der Waals surface area contributed by atoms with Crippen LogP contribution in [0.2, 0.25) is 0 Å². The lowest BCUT2D eigenvalue weighted by atomic mass is 9.88. The normalized spacial score (nSPS) is 16.4. The van der Waals surface area contributed by atoms with Crippen molar-refractivity contribution >= 4 is 41.5 Å². The fraction of sp³-hybridized carbons (Fsp3) is 0.542. The third-order valence-electron chi connectivity index (χ3n) is 5.86. The molecule has 33 heavy (non-hydrogen) atoms. The number of carbonyl (C=O) groups excluding carboxylic acids is 1. The van der Waals surface area contributed by atoms with Crippen molar-refractivity contribution in [1.29, 1.82) is 0 Å². The fourth-order valence-corrected chi connectivity index (χ4v) is 3.93. The molecule has 1 unspecified atom stereocenters. The van der Waals surface area contributed by atoms with Crippen molar-refractivity contribution in [2.75, 3.05) is 18.4 Å². The van der Waals surface area contributed by atoms with Crippen molar-refractivity contribution in [3.63, 3.8) is 0 Å². The predicted octanol–water partition coefficient (Wildman–Crippen LogP) is 3.52. The number of benzene rings is 1. The first-order chi connectivity index (χ1) is 15.4. The second kappa shape index (κ2) is 12.9. The number of aryl methyl sites for hydroxylation is 1. The summed E-state index contributed by atoms with van der Waals surface area (Å²) >= 11 is 0. The fourth-order valence-electron chi connectivity index (χ4n) is 3.93. The molecule has 0 spiro atoms. The maximum atomic E-state index is 12.5. The second-order valence-electron chi connectivity index (χ2n) is 8.75. The first kappa shape index (κ1) is 27.1. The molecule has 1 aromatic carbocycles. The number of aliphatic imine (C=N–C) groups is 1. The molecular weight excluding hydrogens is 531 g/mol.